The van der Waals surface area contributed by atoms with Crippen LogP contribution in [-0.2, 0) is 4.74 Å². The quantitative estimate of drug-likeness (QED) is 0.892. The highest BCUT2D eigenvalue weighted by atomic mass is 19.1. The summed E-state index contributed by atoms with van der Waals surface area (Å²) in [4.78, 5) is 2.51. The van der Waals surface area contributed by atoms with Crippen molar-refractivity contribution >= 4 is 0 Å². The van der Waals surface area contributed by atoms with Crippen LogP contribution in [-0.4, -0.2) is 48.4 Å². The lowest BCUT2D eigenvalue weighted by Crippen LogP contribution is -2.49. The first-order valence-electron chi connectivity index (χ1n) is 7.71. The Morgan fingerprint density at radius 2 is 2.38 bits per heavy atom. The van der Waals surface area contributed by atoms with Crippen molar-refractivity contribution < 1.29 is 14.2 Å². The van der Waals surface area contributed by atoms with Gasteiger partial charge in [-0.15, -0.1) is 0 Å². The van der Waals surface area contributed by atoms with E-state index in [2.05, 4.69) is 10.2 Å². The summed E-state index contributed by atoms with van der Waals surface area (Å²) in [5.41, 5.74) is 0.714. The standard InChI is InChI=1S/C16H23FN2O2/c1-11(15-5-4-12(17)7-16(15)20)18-8-14-9-19-6-2-3-13(19)10-21-14/h4-5,7,11,13-14,18,20H,2-3,6,8-10H2,1H3. The molecular weight excluding hydrogens is 271 g/mol. The van der Waals surface area contributed by atoms with Gasteiger partial charge < -0.3 is 15.2 Å². The van der Waals surface area contributed by atoms with Crippen LogP contribution in [0.15, 0.2) is 18.2 Å². The minimum Gasteiger partial charge on any atom is -0.508 e. The number of hydrogen-bond donors (Lipinski definition) is 2. The van der Waals surface area contributed by atoms with Crippen molar-refractivity contribution in [2.24, 2.45) is 0 Å². The highest BCUT2D eigenvalue weighted by molar-refractivity contribution is 5.34. The van der Waals surface area contributed by atoms with E-state index in [-0.39, 0.29) is 17.9 Å². The zero-order chi connectivity index (χ0) is 14.8. The van der Waals surface area contributed by atoms with Gasteiger partial charge in [0.25, 0.3) is 0 Å². The van der Waals surface area contributed by atoms with Gasteiger partial charge in [-0.3, -0.25) is 4.90 Å². The fraction of sp³-hybridized carbons (Fsp3) is 0.625. The van der Waals surface area contributed by atoms with Crippen molar-refractivity contribution in [2.75, 3.05) is 26.2 Å². The van der Waals surface area contributed by atoms with E-state index >= 15 is 0 Å². The fourth-order valence-corrected chi connectivity index (χ4v) is 3.31. The van der Waals surface area contributed by atoms with Crippen molar-refractivity contribution in [3.63, 3.8) is 0 Å². The van der Waals surface area contributed by atoms with E-state index in [0.717, 1.165) is 25.8 Å². The van der Waals surface area contributed by atoms with Crippen molar-refractivity contribution in [1.82, 2.24) is 10.2 Å². The largest absolute Gasteiger partial charge is 0.508 e. The van der Waals surface area contributed by atoms with E-state index in [9.17, 15) is 9.50 Å². The van der Waals surface area contributed by atoms with Gasteiger partial charge in [-0.1, -0.05) is 6.07 Å². The molecule has 0 radical (unpaired) electrons. The number of phenols is 1. The van der Waals surface area contributed by atoms with Crippen molar-refractivity contribution in [2.45, 2.75) is 38.0 Å². The molecule has 0 amide bonds. The molecule has 0 saturated carbocycles. The Bertz CT molecular complexity index is 497. The van der Waals surface area contributed by atoms with Crippen LogP contribution in [0.5, 0.6) is 5.75 Å². The molecular formula is C16H23FN2O2. The molecule has 0 bridgehead atoms. The van der Waals surface area contributed by atoms with Gasteiger partial charge in [0.05, 0.1) is 12.7 Å². The summed E-state index contributed by atoms with van der Waals surface area (Å²) in [6.45, 7) is 5.68. The summed E-state index contributed by atoms with van der Waals surface area (Å²) in [6.07, 6.45) is 2.71. The minimum absolute atomic E-state index is 0.000769. The Balaban J connectivity index is 1.52. The Morgan fingerprint density at radius 1 is 1.52 bits per heavy atom. The van der Waals surface area contributed by atoms with Crippen LogP contribution in [0.2, 0.25) is 0 Å². The molecule has 116 valence electrons. The molecule has 2 N–H and O–H groups in total. The summed E-state index contributed by atoms with van der Waals surface area (Å²) >= 11 is 0. The molecule has 4 nitrogen and oxygen atoms in total. The summed E-state index contributed by atoms with van der Waals surface area (Å²) in [5.74, 6) is -0.418. The lowest BCUT2D eigenvalue weighted by atomic mass is 10.1. The first-order valence-corrected chi connectivity index (χ1v) is 7.71. The Labute approximate surface area is 124 Å². The number of aromatic hydroxyl groups is 1. The van der Waals surface area contributed by atoms with E-state index in [0.29, 0.717) is 11.6 Å². The molecule has 5 heteroatoms. The van der Waals surface area contributed by atoms with Crippen LogP contribution in [0.1, 0.15) is 31.4 Å². The molecule has 3 atom stereocenters. The number of fused-ring (bicyclic) bond motifs is 1. The monoisotopic (exact) mass is 294 g/mol. The summed E-state index contributed by atoms with van der Waals surface area (Å²) < 4.78 is 18.9. The Kier molecular flexibility index (Phi) is 4.42. The molecule has 1 aromatic rings. The van der Waals surface area contributed by atoms with E-state index < -0.39 is 5.82 Å². The van der Waals surface area contributed by atoms with Crippen LogP contribution < -0.4 is 5.32 Å². The number of hydrogen-bond acceptors (Lipinski definition) is 4. The third kappa shape index (κ3) is 3.36. The van der Waals surface area contributed by atoms with Gasteiger partial charge in [0.1, 0.15) is 11.6 Å². The third-order valence-electron chi connectivity index (χ3n) is 4.57. The van der Waals surface area contributed by atoms with Crippen molar-refractivity contribution in [1.29, 1.82) is 0 Å². The van der Waals surface area contributed by atoms with Gasteiger partial charge >= 0.3 is 0 Å². The molecule has 2 saturated heterocycles. The number of ether oxygens (including phenoxy) is 1. The van der Waals surface area contributed by atoms with E-state index in [1.165, 1.54) is 25.5 Å². The second kappa shape index (κ2) is 6.30. The zero-order valence-corrected chi connectivity index (χ0v) is 12.4. The van der Waals surface area contributed by atoms with Crippen molar-refractivity contribution in [3.05, 3.63) is 29.6 Å². The SMILES string of the molecule is CC(NCC1CN2CCCC2CO1)c1ccc(F)cc1O. The average Bonchev–Trinajstić information content (AvgIpc) is 2.92. The number of phenolic OH excluding ortho intramolecular Hbond substituents is 1. The Morgan fingerprint density at radius 3 is 3.19 bits per heavy atom. The van der Waals surface area contributed by atoms with Gasteiger partial charge in [-0.2, -0.15) is 0 Å². The lowest BCUT2D eigenvalue weighted by molar-refractivity contribution is -0.0477. The molecule has 2 aliphatic heterocycles. The number of nitrogens with zero attached hydrogens (tertiary/aromatic N) is 1. The number of morpholine rings is 1. The third-order valence-corrected chi connectivity index (χ3v) is 4.57. The molecule has 2 heterocycles. The predicted octanol–water partition coefficient (Wildman–Crippen LogP) is 2.05. The molecule has 2 aliphatic rings. The molecule has 1 aromatic carbocycles. The first kappa shape index (κ1) is 14.8. The van der Waals surface area contributed by atoms with Gasteiger partial charge in [-0.25, -0.2) is 4.39 Å². The second-order valence-corrected chi connectivity index (χ2v) is 6.08. The summed E-state index contributed by atoms with van der Waals surface area (Å²) in [5, 5.41) is 13.2. The maximum atomic E-state index is 13.0. The van der Waals surface area contributed by atoms with E-state index in [1.54, 1.807) is 6.07 Å². The van der Waals surface area contributed by atoms with E-state index in [4.69, 9.17) is 4.74 Å². The van der Waals surface area contributed by atoms with Crippen LogP contribution in [0.25, 0.3) is 0 Å². The average molecular weight is 294 g/mol. The molecule has 3 unspecified atom stereocenters. The van der Waals surface area contributed by atoms with Gasteiger partial charge in [-0.05, 0) is 32.4 Å². The highest BCUT2D eigenvalue weighted by Crippen LogP contribution is 2.26. The van der Waals surface area contributed by atoms with Crippen LogP contribution >= 0.6 is 0 Å². The maximum Gasteiger partial charge on any atom is 0.126 e. The smallest absolute Gasteiger partial charge is 0.126 e. The number of benzene rings is 1. The van der Waals surface area contributed by atoms with Gasteiger partial charge in [0.2, 0.25) is 0 Å². The topological polar surface area (TPSA) is 44.7 Å². The van der Waals surface area contributed by atoms with Gasteiger partial charge in [0, 0.05) is 36.8 Å². The molecule has 0 aliphatic carbocycles. The lowest BCUT2D eigenvalue weighted by Gasteiger charge is -2.35. The van der Waals surface area contributed by atoms with Crippen molar-refractivity contribution in [3.8, 4) is 5.75 Å². The number of nitrogens with one attached hydrogen (secondary N) is 1. The highest BCUT2D eigenvalue weighted by Gasteiger charge is 2.32. The molecule has 3 rings (SSSR count). The van der Waals surface area contributed by atoms with E-state index in [1.807, 2.05) is 6.92 Å². The summed E-state index contributed by atoms with van der Waals surface area (Å²) in [7, 11) is 0. The second-order valence-electron chi connectivity index (χ2n) is 6.08. The van der Waals surface area contributed by atoms with Crippen LogP contribution in [0.4, 0.5) is 4.39 Å². The Hall–Kier alpha value is -1.17. The summed E-state index contributed by atoms with van der Waals surface area (Å²) in [6, 6.07) is 4.73. The minimum atomic E-state index is -0.417. The number of rotatable bonds is 4. The molecule has 0 spiro atoms. The normalized spacial score (nSPS) is 27.5. The predicted molar refractivity (Wildman–Crippen MR) is 78.8 cm³/mol. The number of halogens is 1. The molecule has 0 aromatic heterocycles. The molecule has 2 fully saturated rings. The zero-order valence-electron chi connectivity index (χ0n) is 12.4. The van der Waals surface area contributed by atoms with Crippen LogP contribution in [0, 0.1) is 5.82 Å². The molecule has 21 heavy (non-hydrogen) atoms. The maximum absolute atomic E-state index is 13.0. The first-order chi connectivity index (χ1) is 10.1. The van der Waals surface area contributed by atoms with Gasteiger partial charge in [0.15, 0.2) is 0 Å². The van der Waals surface area contributed by atoms with Crippen LogP contribution in [0.3, 0.4) is 0 Å². The fourth-order valence-electron chi connectivity index (χ4n) is 3.31.